The second-order valence-corrected chi connectivity index (χ2v) is 3.05. The second-order valence-electron chi connectivity index (χ2n) is 1.13. The zero-order chi connectivity index (χ0) is 4.83. The highest BCUT2D eigenvalue weighted by Crippen LogP contribution is 1.89. The van der Waals surface area contributed by atoms with Gasteiger partial charge in [-0.3, -0.25) is 0 Å². The molecule has 2 heteroatoms. The average molecular weight is 112 g/mol. The molecule has 6 heavy (non-hydrogen) atoms. The van der Waals surface area contributed by atoms with Crippen LogP contribution in [0.4, 0.5) is 0 Å². The van der Waals surface area contributed by atoms with Crippen LogP contribution in [0.1, 0.15) is 12.8 Å². The molecular formula is C4H8Si2. The third-order valence-corrected chi connectivity index (χ3v) is 1.91. The molecule has 0 atom stereocenters. The van der Waals surface area contributed by atoms with Crippen LogP contribution in [0.5, 0.6) is 0 Å². The van der Waals surface area contributed by atoms with Crippen molar-refractivity contribution in [3.05, 3.63) is 6.92 Å². The van der Waals surface area contributed by atoms with Gasteiger partial charge in [0.25, 0.3) is 0 Å². The fourth-order valence-corrected chi connectivity index (χ4v) is 1.17. The van der Waals surface area contributed by atoms with E-state index in [-0.39, 0.29) is 0 Å². The second kappa shape index (κ2) is 5.43. The quantitative estimate of drug-likeness (QED) is 0.374. The maximum Gasteiger partial charge on any atom is 0.0180 e. The Morgan fingerprint density at radius 2 is 2.33 bits per heavy atom. The van der Waals surface area contributed by atoms with Gasteiger partial charge in [-0.25, -0.2) is 0 Å². The van der Waals surface area contributed by atoms with Gasteiger partial charge < -0.3 is 0 Å². The highest BCUT2D eigenvalue weighted by Gasteiger charge is 1.76. The Hall–Kier alpha value is 0.434. The number of unbranched alkanes of at least 4 members (excludes halogenated alkanes) is 1. The molecule has 0 nitrogen and oxygen atoms in total. The summed E-state index contributed by atoms with van der Waals surface area (Å²) in [5.41, 5.74) is 0. The van der Waals surface area contributed by atoms with E-state index in [4.69, 9.17) is 0 Å². The molecule has 0 fully saturated rings. The lowest BCUT2D eigenvalue weighted by molar-refractivity contribution is 0.952. The van der Waals surface area contributed by atoms with Crippen LogP contribution in [0, 0.1) is 6.92 Å². The van der Waals surface area contributed by atoms with E-state index in [9.17, 15) is 0 Å². The van der Waals surface area contributed by atoms with Crippen molar-refractivity contribution >= 4 is 18.8 Å². The zero-order valence-electron chi connectivity index (χ0n) is 3.83. The van der Waals surface area contributed by atoms with Gasteiger partial charge in [0, 0.05) is 18.8 Å². The van der Waals surface area contributed by atoms with Crippen LogP contribution in [-0.4, -0.2) is 18.8 Å². The fourth-order valence-electron chi connectivity index (χ4n) is 0.213. The van der Waals surface area contributed by atoms with Crippen molar-refractivity contribution in [3.8, 4) is 0 Å². The Kier molecular flexibility index (Phi) is 5.83. The lowest BCUT2D eigenvalue weighted by Crippen LogP contribution is -1.84. The summed E-state index contributed by atoms with van der Waals surface area (Å²) in [6.45, 7) is 3.71. The van der Waals surface area contributed by atoms with E-state index < -0.39 is 0 Å². The molecule has 0 N–H and O–H groups in total. The summed E-state index contributed by atoms with van der Waals surface area (Å²) < 4.78 is 0. The van der Waals surface area contributed by atoms with E-state index in [0.29, 0.717) is 0 Å². The summed E-state index contributed by atoms with van der Waals surface area (Å²) in [5.74, 6) is 0. The third-order valence-electron chi connectivity index (χ3n) is 0.552. The molecule has 0 amide bonds. The average Bonchev–Trinajstić information content (AvgIpc) is 1.61. The van der Waals surface area contributed by atoms with Crippen molar-refractivity contribution in [2.24, 2.45) is 0 Å². The van der Waals surface area contributed by atoms with E-state index in [0.717, 1.165) is 15.5 Å². The molecule has 0 saturated carbocycles. The summed E-state index contributed by atoms with van der Waals surface area (Å²) >= 11 is 0. The summed E-state index contributed by atoms with van der Waals surface area (Å²) in [5, 5.41) is 0. The molecule has 0 aliphatic carbocycles. The van der Waals surface area contributed by atoms with Gasteiger partial charge >= 0.3 is 0 Å². The predicted molar refractivity (Wildman–Crippen MR) is 30.9 cm³/mol. The minimum atomic E-state index is 0.930. The highest BCUT2D eigenvalue weighted by atomic mass is 29.1. The van der Waals surface area contributed by atoms with E-state index in [1.54, 1.807) is 0 Å². The van der Waals surface area contributed by atoms with Gasteiger partial charge in [0.1, 0.15) is 0 Å². The van der Waals surface area contributed by atoms with Gasteiger partial charge in [-0.2, -0.15) is 0 Å². The predicted octanol–water partition coefficient (Wildman–Crippen LogP) is 0.807. The summed E-state index contributed by atoms with van der Waals surface area (Å²) in [7, 11) is 4.32. The molecular weight excluding hydrogens is 104 g/mol. The molecule has 0 aromatic rings. The number of rotatable bonds is 3. The van der Waals surface area contributed by atoms with Gasteiger partial charge in [-0.1, -0.05) is 25.8 Å². The highest BCUT2D eigenvalue weighted by molar-refractivity contribution is 6.89. The summed E-state index contributed by atoms with van der Waals surface area (Å²) in [6.07, 6.45) is 2.35. The normalized spacial score (nSPS) is 9.00. The smallest absolute Gasteiger partial charge is 0.0180 e. The molecule has 0 aromatic heterocycles. The minimum absolute atomic E-state index is 0.930. The molecule has 0 aliphatic heterocycles. The first-order valence-electron chi connectivity index (χ1n) is 2.10. The number of hydrogen-bond donors (Lipinski definition) is 0. The van der Waals surface area contributed by atoms with Crippen LogP contribution in [-0.2, 0) is 0 Å². The van der Waals surface area contributed by atoms with Crippen molar-refractivity contribution in [2.45, 2.75) is 18.9 Å². The van der Waals surface area contributed by atoms with Crippen molar-refractivity contribution in [2.75, 3.05) is 0 Å². The van der Waals surface area contributed by atoms with E-state index in [2.05, 4.69) is 16.7 Å². The Bertz CT molecular complexity index is 17.5. The number of hydrogen-bond acceptors (Lipinski definition) is 0. The molecule has 0 heterocycles. The van der Waals surface area contributed by atoms with E-state index in [1.165, 1.54) is 12.5 Å². The van der Waals surface area contributed by atoms with Gasteiger partial charge in [-0.05, 0) is 0 Å². The Morgan fingerprint density at radius 1 is 1.67 bits per heavy atom. The SMILES string of the molecule is [CH2]CCC[Si][Si]. The monoisotopic (exact) mass is 112 g/mol. The van der Waals surface area contributed by atoms with Gasteiger partial charge in [0.05, 0.1) is 0 Å². The molecule has 0 bridgehead atoms. The van der Waals surface area contributed by atoms with Crippen molar-refractivity contribution < 1.29 is 0 Å². The molecule has 0 aliphatic rings. The van der Waals surface area contributed by atoms with Crippen LogP contribution in [0.3, 0.4) is 0 Å². The van der Waals surface area contributed by atoms with Crippen molar-refractivity contribution in [3.63, 3.8) is 0 Å². The van der Waals surface area contributed by atoms with E-state index >= 15 is 0 Å². The van der Waals surface area contributed by atoms with Crippen molar-refractivity contribution in [1.29, 1.82) is 0 Å². The first kappa shape index (κ1) is 6.43. The molecule has 32 valence electrons. The third kappa shape index (κ3) is 4.43. The fraction of sp³-hybridized carbons (Fsp3) is 0.750. The van der Waals surface area contributed by atoms with Crippen LogP contribution in [0.15, 0.2) is 0 Å². The lowest BCUT2D eigenvalue weighted by atomic mass is 10.4. The maximum atomic E-state index is 3.71. The lowest BCUT2D eigenvalue weighted by Gasteiger charge is -1.84. The maximum absolute atomic E-state index is 3.71. The van der Waals surface area contributed by atoms with Gasteiger partial charge in [0.15, 0.2) is 0 Å². The standard InChI is InChI=1S/C4H8Si2/c1-2-3-4-6-5/h1-4H2. The van der Waals surface area contributed by atoms with Gasteiger partial charge in [-0.15, -0.1) is 0 Å². The Labute approximate surface area is 45.4 Å². The Balaban J connectivity index is 2.34. The summed E-state index contributed by atoms with van der Waals surface area (Å²) in [6, 6.07) is 1.29. The van der Waals surface area contributed by atoms with Crippen molar-refractivity contribution in [1.82, 2.24) is 0 Å². The molecule has 0 unspecified atom stereocenters. The zero-order valence-corrected chi connectivity index (χ0v) is 5.83. The van der Waals surface area contributed by atoms with E-state index in [1.807, 2.05) is 0 Å². The topological polar surface area (TPSA) is 0 Å². The van der Waals surface area contributed by atoms with Crippen LogP contribution < -0.4 is 0 Å². The molecule has 0 saturated heterocycles. The van der Waals surface area contributed by atoms with Crippen LogP contribution in [0.2, 0.25) is 6.04 Å². The first-order chi connectivity index (χ1) is 2.91. The largest absolute Gasteiger partial charge is 0.0640 e. The molecule has 0 aromatic carbocycles. The summed E-state index contributed by atoms with van der Waals surface area (Å²) in [4.78, 5) is 0. The van der Waals surface area contributed by atoms with Gasteiger partial charge in [0.2, 0.25) is 0 Å². The molecule has 6 radical (unpaired) electrons. The molecule has 0 spiro atoms. The van der Waals surface area contributed by atoms with Crippen LogP contribution >= 0.6 is 0 Å². The molecule has 0 rings (SSSR count). The van der Waals surface area contributed by atoms with Crippen LogP contribution in [0.25, 0.3) is 0 Å². The Morgan fingerprint density at radius 3 is 2.50 bits per heavy atom. The minimum Gasteiger partial charge on any atom is -0.0640 e. The first-order valence-corrected chi connectivity index (χ1v) is 4.81.